The number of para-hydroxylation sites is 1. The third kappa shape index (κ3) is 6.52. The van der Waals surface area contributed by atoms with E-state index < -0.39 is 0 Å². The monoisotopic (exact) mass is 682 g/mol. The maximum Gasteiger partial charge on any atom is 0.164 e. The van der Waals surface area contributed by atoms with Gasteiger partial charge in [-0.15, -0.1) is 0 Å². The second kappa shape index (κ2) is 14.3. The molecule has 8 aromatic rings. The van der Waals surface area contributed by atoms with Crippen LogP contribution in [0.1, 0.15) is 5.56 Å². The molecule has 0 saturated carbocycles. The van der Waals surface area contributed by atoms with Crippen molar-refractivity contribution in [1.82, 2.24) is 19.9 Å². The van der Waals surface area contributed by atoms with Crippen LogP contribution in [-0.4, -0.2) is 26.5 Å². The molecule has 0 saturated heterocycles. The summed E-state index contributed by atoms with van der Waals surface area (Å²) in [5.74, 6) is 2.68. The third-order valence-electron chi connectivity index (χ3n) is 9.57. The topological polar surface area (TPSA) is 60.8 Å². The number of hydrogen-bond donors (Lipinski definition) is 0. The van der Waals surface area contributed by atoms with Crippen LogP contribution in [0.2, 0.25) is 0 Å². The van der Waals surface area contributed by atoms with Gasteiger partial charge in [-0.05, 0) is 76.2 Å². The average molecular weight is 683 g/mol. The maximum absolute atomic E-state index is 6.37. The second-order valence-corrected chi connectivity index (χ2v) is 12.9. The van der Waals surface area contributed by atoms with Crippen LogP contribution >= 0.6 is 0 Å². The minimum Gasteiger partial charge on any atom is -0.489 e. The van der Waals surface area contributed by atoms with Crippen LogP contribution < -0.4 is 4.74 Å². The number of aromatic nitrogens is 4. The predicted octanol–water partition coefficient (Wildman–Crippen LogP) is 11.5. The summed E-state index contributed by atoms with van der Waals surface area (Å²) in [6.45, 7) is 0.469. The molecular formula is C48H34N4O. The van der Waals surface area contributed by atoms with Crippen molar-refractivity contribution in [2.75, 3.05) is 6.61 Å². The van der Waals surface area contributed by atoms with Crippen molar-refractivity contribution in [2.24, 2.45) is 0 Å². The molecule has 0 aliphatic carbocycles. The standard InChI is InChI=1S/C48H34N4O/c1-2-12-30-53-45-24-11-10-20-41(45)39-28-27-37(48-51-46(34-16-6-3-7-17-34)50-47(52-48)35-18-8-4-9-19-35)32-43(39)42-31-36(26-25-33(42)15-5-1)38-21-13-23-44-40(38)22-14-29-49-44/h1-14,16-29,31-32H,15,30H2. The molecule has 0 fully saturated rings. The number of fused-ring (bicyclic) bond motifs is 6. The Kier molecular flexibility index (Phi) is 8.64. The van der Waals surface area contributed by atoms with Crippen molar-refractivity contribution < 1.29 is 4.74 Å². The fourth-order valence-corrected chi connectivity index (χ4v) is 6.97. The lowest BCUT2D eigenvalue weighted by Gasteiger charge is -2.19. The zero-order valence-corrected chi connectivity index (χ0v) is 28.9. The fraction of sp³-hybridized carbons (Fsp3) is 0.0417. The molecule has 5 heteroatoms. The molecule has 0 bridgehead atoms. The molecule has 252 valence electrons. The molecule has 1 aliphatic heterocycles. The third-order valence-corrected chi connectivity index (χ3v) is 9.57. The molecule has 2 aromatic heterocycles. The average Bonchev–Trinajstić information content (AvgIpc) is 3.24. The first-order valence-electron chi connectivity index (χ1n) is 17.8. The van der Waals surface area contributed by atoms with E-state index in [0.717, 1.165) is 73.1 Å². The maximum atomic E-state index is 6.37. The molecule has 0 atom stereocenters. The number of ether oxygens (including phenoxy) is 1. The predicted molar refractivity (Wildman–Crippen MR) is 215 cm³/mol. The van der Waals surface area contributed by atoms with Crippen molar-refractivity contribution >= 4 is 10.9 Å². The van der Waals surface area contributed by atoms with Gasteiger partial charge in [0.25, 0.3) is 0 Å². The lowest BCUT2D eigenvalue weighted by atomic mass is 9.86. The Labute approximate surface area is 308 Å². The number of rotatable bonds is 4. The Bertz CT molecular complexity index is 2590. The molecule has 0 amide bonds. The van der Waals surface area contributed by atoms with E-state index in [9.17, 15) is 0 Å². The highest BCUT2D eigenvalue weighted by Crippen LogP contribution is 2.43. The zero-order valence-electron chi connectivity index (χ0n) is 28.9. The Morgan fingerprint density at radius 3 is 1.89 bits per heavy atom. The van der Waals surface area contributed by atoms with E-state index in [-0.39, 0.29) is 0 Å². The van der Waals surface area contributed by atoms with Crippen molar-refractivity contribution in [3.63, 3.8) is 0 Å². The number of pyridine rings is 1. The molecule has 53 heavy (non-hydrogen) atoms. The van der Waals surface area contributed by atoms with Crippen LogP contribution in [0, 0.1) is 0 Å². The lowest BCUT2D eigenvalue weighted by molar-refractivity contribution is 0.364. The summed E-state index contributed by atoms with van der Waals surface area (Å²) in [6, 6.07) is 52.3. The second-order valence-electron chi connectivity index (χ2n) is 12.9. The van der Waals surface area contributed by atoms with Crippen LogP contribution in [0.15, 0.2) is 182 Å². The summed E-state index contributed by atoms with van der Waals surface area (Å²) in [6.07, 6.45) is 11.0. The quantitative estimate of drug-likeness (QED) is 0.185. The van der Waals surface area contributed by atoms with E-state index in [0.29, 0.717) is 24.1 Å². The van der Waals surface area contributed by atoms with E-state index in [2.05, 4.69) is 96.0 Å². The molecule has 1 aliphatic rings. The normalized spacial score (nSPS) is 12.4. The fourth-order valence-electron chi connectivity index (χ4n) is 6.97. The van der Waals surface area contributed by atoms with Gasteiger partial charge in [0.15, 0.2) is 17.5 Å². The minimum absolute atomic E-state index is 0.469. The summed E-state index contributed by atoms with van der Waals surface area (Å²) < 4.78 is 6.37. The molecule has 6 aromatic carbocycles. The summed E-state index contributed by atoms with van der Waals surface area (Å²) in [5.41, 5.74) is 11.5. The lowest BCUT2D eigenvalue weighted by Crippen LogP contribution is -2.01. The van der Waals surface area contributed by atoms with E-state index in [1.807, 2.05) is 91.1 Å². The van der Waals surface area contributed by atoms with E-state index in [4.69, 9.17) is 19.7 Å². The minimum atomic E-state index is 0.469. The summed E-state index contributed by atoms with van der Waals surface area (Å²) in [7, 11) is 0. The number of hydrogen-bond acceptors (Lipinski definition) is 5. The molecular weight excluding hydrogens is 649 g/mol. The van der Waals surface area contributed by atoms with Gasteiger partial charge >= 0.3 is 0 Å². The van der Waals surface area contributed by atoms with Crippen molar-refractivity contribution in [1.29, 1.82) is 0 Å². The highest BCUT2D eigenvalue weighted by Gasteiger charge is 2.20. The van der Waals surface area contributed by atoms with Gasteiger partial charge in [-0.25, -0.2) is 15.0 Å². The molecule has 0 unspecified atom stereocenters. The summed E-state index contributed by atoms with van der Waals surface area (Å²) in [5, 5.41) is 1.12. The molecule has 0 spiro atoms. The van der Waals surface area contributed by atoms with Crippen molar-refractivity contribution in [2.45, 2.75) is 6.42 Å². The molecule has 3 heterocycles. The number of nitrogens with zero attached hydrogens (tertiary/aromatic N) is 4. The summed E-state index contributed by atoms with van der Waals surface area (Å²) in [4.78, 5) is 19.8. The number of allylic oxidation sites excluding steroid dienone is 3. The van der Waals surface area contributed by atoms with Gasteiger partial charge < -0.3 is 4.74 Å². The van der Waals surface area contributed by atoms with E-state index >= 15 is 0 Å². The number of benzene rings is 6. The summed E-state index contributed by atoms with van der Waals surface area (Å²) >= 11 is 0. The Morgan fingerprint density at radius 1 is 0.434 bits per heavy atom. The highest BCUT2D eigenvalue weighted by atomic mass is 16.5. The Morgan fingerprint density at radius 2 is 1.09 bits per heavy atom. The highest BCUT2D eigenvalue weighted by molar-refractivity contribution is 5.97. The Balaban J connectivity index is 1.30. The molecule has 5 nitrogen and oxygen atoms in total. The zero-order chi connectivity index (χ0) is 35.4. The molecule has 9 rings (SSSR count). The van der Waals surface area contributed by atoms with Gasteiger partial charge in [0.05, 0.1) is 5.52 Å². The van der Waals surface area contributed by atoms with Crippen LogP contribution in [0.25, 0.3) is 78.4 Å². The van der Waals surface area contributed by atoms with Gasteiger partial charge in [-0.3, -0.25) is 4.98 Å². The first kappa shape index (κ1) is 32.0. The first-order chi connectivity index (χ1) is 26.3. The van der Waals surface area contributed by atoms with Crippen molar-refractivity contribution in [3.8, 4) is 73.3 Å². The van der Waals surface area contributed by atoms with Crippen LogP contribution in [0.5, 0.6) is 5.75 Å². The smallest absolute Gasteiger partial charge is 0.164 e. The largest absolute Gasteiger partial charge is 0.489 e. The van der Waals surface area contributed by atoms with Crippen LogP contribution in [-0.2, 0) is 6.42 Å². The van der Waals surface area contributed by atoms with E-state index in [1.54, 1.807) is 0 Å². The van der Waals surface area contributed by atoms with Gasteiger partial charge in [0, 0.05) is 33.8 Å². The van der Waals surface area contributed by atoms with E-state index in [1.165, 1.54) is 5.56 Å². The molecule has 0 radical (unpaired) electrons. The van der Waals surface area contributed by atoms with Gasteiger partial charge in [0.2, 0.25) is 0 Å². The SMILES string of the molecule is C1=CCOc2ccccc2-c2ccc(-c3nc(-c4ccccc4)nc(-c4ccccc4)n3)cc2-c2cc(-c3cccc4ncccc34)ccc2CC=C1. The van der Waals surface area contributed by atoms with Crippen LogP contribution in [0.4, 0.5) is 0 Å². The Hall–Kier alpha value is -6.98. The van der Waals surface area contributed by atoms with Gasteiger partial charge in [-0.1, -0.05) is 140 Å². The van der Waals surface area contributed by atoms with Crippen molar-refractivity contribution in [3.05, 3.63) is 188 Å². The van der Waals surface area contributed by atoms with Gasteiger partial charge in [0.1, 0.15) is 12.4 Å². The first-order valence-corrected chi connectivity index (χ1v) is 17.8. The van der Waals surface area contributed by atoms with Crippen LogP contribution in [0.3, 0.4) is 0 Å². The van der Waals surface area contributed by atoms with Gasteiger partial charge in [-0.2, -0.15) is 0 Å². The molecule has 0 N–H and O–H groups in total.